The van der Waals surface area contributed by atoms with Gasteiger partial charge >= 0.3 is 0 Å². The van der Waals surface area contributed by atoms with E-state index in [1.165, 1.54) is 6.08 Å². The van der Waals surface area contributed by atoms with E-state index in [9.17, 15) is 4.79 Å². The molecule has 90 valence electrons. The number of carbonyl (C=O) groups excluding carboxylic acids is 1. The molecule has 2 N–H and O–H groups in total. The molecule has 0 aromatic heterocycles. The zero-order valence-electron chi connectivity index (χ0n) is 9.64. The fourth-order valence-corrected chi connectivity index (χ4v) is 1.66. The van der Waals surface area contributed by atoms with Gasteiger partial charge in [0.1, 0.15) is 0 Å². The van der Waals surface area contributed by atoms with Crippen LogP contribution in [0, 0.1) is 0 Å². The van der Waals surface area contributed by atoms with Crippen LogP contribution in [0.4, 0.5) is 5.69 Å². The van der Waals surface area contributed by atoms with Crippen molar-refractivity contribution < 1.29 is 4.79 Å². The molecule has 2 aromatic rings. The number of nitrogen functional groups attached to an aromatic ring is 1. The SMILES string of the molecule is Nc1cccc(C(=O)/C=C/c2ccc(Cl)cc2)c1. The highest BCUT2D eigenvalue weighted by Gasteiger charge is 2.01. The Morgan fingerprint density at radius 2 is 1.83 bits per heavy atom. The molecule has 0 unspecified atom stereocenters. The van der Waals surface area contributed by atoms with Gasteiger partial charge in [-0.25, -0.2) is 0 Å². The largest absolute Gasteiger partial charge is 0.399 e. The van der Waals surface area contributed by atoms with E-state index in [0.717, 1.165) is 5.56 Å². The van der Waals surface area contributed by atoms with Crippen LogP contribution in [0.5, 0.6) is 0 Å². The summed E-state index contributed by atoms with van der Waals surface area (Å²) >= 11 is 5.78. The van der Waals surface area contributed by atoms with Crippen LogP contribution in [0.15, 0.2) is 54.6 Å². The minimum Gasteiger partial charge on any atom is -0.399 e. The standard InChI is InChI=1S/C15H12ClNO/c16-13-7-4-11(5-8-13)6-9-15(18)12-2-1-3-14(17)10-12/h1-10H,17H2/b9-6+. The Balaban J connectivity index is 2.14. The van der Waals surface area contributed by atoms with Gasteiger partial charge in [0.15, 0.2) is 5.78 Å². The fourth-order valence-electron chi connectivity index (χ4n) is 1.53. The lowest BCUT2D eigenvalue weighted by Crippen LogP contribution is -1.95. The molecule has 2 rings (SSSR count). The van der Waals surface area contributed by atoms with E-state index in [0.29, 0.717) is 16.3 Å². The molecule has 0 saturated heterocycles. The van der Waals surface area contributed by atoms with Gasteiger partial charge in [0.2, 0.25) is 0 Å². The second-order valence-electron chi connectivity index (χ2n) is 3.87. The van der Waals surface area contributed by atoms with E-state index in [4.69, 9.17) is 17.3 Å². The average Bonchev–Trinajstić information content (AvgIpc) is 2.38. The van der Waals surface area contributed by atoms with Gasteiger partial charge in [0, 0.05) is 16.3 Å². The summed E-state index contributed by atoms with van der Waals surface area (Å²) in [4.78, 5) is 11.9. The van der Waals surface area contributed by atoms with Crippen molar-refractivity contribution in [1.82, 2.24) is 0 Å². The summed E-state index contributed by atoms with van der Waals surface area (Å²) in [6, 6.07) is 14.2. The predicted octanol–water partition coefficient (Wildman–Crippen LogP) is 3.82. The average molecular weight is 258 g/mol. The number of hydrogen-bond donors (Lipinski definition) is 1. The molecule has 0 aliphatic carbocycles. The summed E-state index contributed by atoms with van der Waals surface area (Å²) in [5, 5.41) is 0.675. The summed E-state index contributed by atoms with van der Waals surface area (Å²) in [6.07, 6.45) is 3.28. The lowest BCUT2D eigenvalue weighted by molar-refractivity contribution is 0.104. The van der Waals surface area contributed by atoms with Crippen molar-refractivity contribution in [3.05, 3.63) is 70.8 Å². The Bertz CT molecular complexity index is 588. The number of anilines is 1. The van der Waals surface area contributed by atoms with Crippen LogP contribution in [0.2, 0.25) is 5.02 Å². The molecule has 0 radical (unpaired) electrons. The Morgan fingerprint density at radius 3 is 2.50 bits per heavy atom. The van der Waals surface area contributed by atoms with E-state index < -0.39 is 0 Å². The minimum absolute atomic E-state index is 0.0720. The van der Waals surface area contributed by atoms with Gasteiger partial charge in [-0.15, -0.1) is 0 Å². The lowest BCUT2D eigenvalue weighted by atomic mass is 10.1. The normalized spacial score (nSPS) is 10.7. The number of benzene rings is 2. The molecule has 2 aromatic carbocycles. The maximum atomic E-state index is 11.9. The first-order chi connectivity index (χ1) is 8.65. The van der Waals surface area contributed by atoms with Gasteiger partial charge in [-0.1, -0.05) is 41.9 Å². The summed E-state index contributed by atoms with van der Waals surface area (Å²) in [5.41, 5.74) is 7.72. The molecule has 0 fully saturated rings. The highest BCUT2D eigenvalue weighted by atomic mass is 35.5. The molecule has 3 heteroatoms. The van der Waals surface area contributed by atoms with Gasteiger partial charge in [0.25, 0.3) is 0 Å². The molecule has 2 nitrogen and oxygen atoms in total. The smallest absolute Gasteiger partial charge is 0.185 e. The van der Waals surface area contributed by atoms with Crippen LogP contribution in [0.25, 0.3) is 6.08 Å². The van der Waals surface area contributed by atoms with E-state index >= 15 is 0 Å². The monoisotopic (exact) mass is 257 g/mol. The molecule has 0 bridgehead atoms. The Hall–Kier alpha value is -2.06. The van der Waals surface area contributed by atoms with E-state index in [1.807, 2.05) is 12.1 Å². The summed E-state index contributed by atoms with van der Waals surface area (Å²) < 4.78 is 0. The van der Waals surface area contributed by atoms with Crippen molar-refractivity contribution in [1.29, 1.82) is 0 Å². The number of halogens is 1. The Kier molecular flexibility index (Phi) is 3.80. The number of hydrogen-bond acceptors (Lipinski definition) is 2. The van der Waals surface area contributed by atoms with Crippen molar-refractivity contribution in [2.24, 2.45) is 0 Å². The summed E-state index contributed by atoms with van der Waals surface area (Å²) in [6.45, 7) is 0. The Morgan fingerprint density at radius 1 is 1.11 bits per heavy atom. The predicted molar refractivity (Wildman–Crippen MR) is 75.7 cm³/mol. The molecule has 0 atom stereocenters. The molecule has 0 aliphatic heterocycles. The third kappa shape index (κ3) is 3.22. The molecule has 0 spiro atoms. The highest BCUT2D eigenvalue weighted by Crippen LogP contribution is 2.12. The van der Waals surface area contributed by atoms with Gasteiger partial charge < -0.3 is 5.73 Å². The van der Waals surface area contributed by atoms with E-state index in [2.05, 4.69) is 0 Å². The van der Waals surface area contributed by atoms with Crippen LogP contribution in [0.1, 0.15) is 15.9 Å². The maximum absolute atomic E-state index is 11.9. The first-order valence-electron chi connectivity index (χ1n) is 5.49. The second kappa shape index (κ2) is 5.52. The number of ketones is 1. The quantitative estimate of drug-likeness (QED) is 0.516. The third-order valence-electron chi connectivity index (χ3n) is 2.47. The molecule has 0 aliphatic rings. The highest BCUT2D eigenvalue weighted by molar-refractivity contribution is 6.30. The first-order valence-corrected chi connectivity index (χ1v) is 5.86. The van der Waals surface area contributed by atoms with Crippen molar-refractivity contribution in [2.75, 3.05) is 5.73 Å². The van der Waals surface area contributed by atoms with Crippen LogP contribution < -0.4 is 5.73 Å². The van der Waals surface area contributed by atoms with Gasteiger partial charge in [-0.05, 0) is 35.9 Å². The van der Waals surface area contributed by atoms with Crippen LogP contribution >= 0.6 is 11.6 Å². The molecule has 0 heterocycles. The minimum atomic E-state index is -0.0720. The van der Waals surface area contributed by atoms with Crippen molar-refractivity contribution >= 4 is 29.1 Å². The number of carbonyl (C=O) groups is 1. The zero-order chi connectivity index (χ0) is 13.0. The first kappa shape index (κ1) is 12.4. The number of nitrogens with two attached hydrogens (primary N) is 1. The van der Waals surface area contributed by atoms with Crippen LogP contribution in [-0.2, 0) is 0 Å². The third-order valence-corrected chi connectivity index (χ3v) is 2.72. The molecule has 18 heavy (non-hydrogen) atoms. The molecule has 0 saturated carbocycles. The van der Waals surface area contributed by atoms with Gasteiger partial charge in [0.05, 0.1) is 0 Å². The maximum Gasteiger partial charge on any atom is 0.185 e. The second-order valence-corrected chi connectivity index (χ2v) is 4.31. The number of rotatable bonds is 3. The molecule has 0 amide bonds. The molecular formula is C15H12ClNO. The zero-order valence-corrected chi connectivity index (χ0v) is 10.4. The number of allylic oxidation sites excluding steroid dienone is 1. The van der Waals surface area contributed by atoms with E-state index in [-0.39, 0.29) is 5.78 Å². The summed E-state index contributed by atoms with van der Waals surface area (Å²) in [7, 11) is 0. The van der Waals surface area contributed by atoms with Gasteiger partial charge in [-0.2, -0.15) is 0 Å². The van der Waals surface area contributed by atoms with Crippen molar-refractivity contribution in [3.63, 3.8) is 0 Å². The van der Waals surface area contributed by atoms with Crippen LogP contribution in [0.3, 0.4) is 0 Å². The van der Waals surface area contributed by atoms with E-state index in [1.54, 1.807) is 42.5 Å². The van der Waals surface area contributed by atoms with Crippen LogP contribution in [-0.4, -0.2) is 5.78 Å². The van der Waals surface area contributed by atoms with Crippen molar-refractivity contribution in [2.45, 2.75) is 0 Å². The van der Waals surface area contributed by atoms with Gasteiger partial charge in [-0.3, -0.25) is 4.79 Å². The molecular weight excluding hydrogens is 246 g/mol. The summed E-state index contributed by atoms with van der Waals surface area (Å²) in [5.74, 6) is -0.0720. The van der Waals surface area contributed by atoms with Crippen molar-refractivity contribution in [3.8, 4) is 0 Å². The topological polar surface area (TPSA) is 43.1 Å². The lowest BCUT2D eigenvalue weighted by Gasteiger charge is -1.97. The Labute approximate surface area is 111 Å². The fraction of sp³-hybridized carbons (Fsp3) is 0.